The third kappa shape index (κ3) is 2.35. The number of amides is 1. The first-order valence-electron chi connectivity index (χ1n) is 6.04. The molecule has 20 heavy (non-hydrogen) atoms. The van der Waals surface area contributed by atoms with Gasteiger partial charge in [-0.2, -0.15) is 0 Å². The highest BCUT2D eigenvalue weighted by molar-refractivity contribution is 6.34. The molecule has 2 heterocycles. The minimum Gasteiger partial charge on any atom is -0.347 e. The molecule has 0 spiro atoms. The Morgan fingerprint density at radius 3 is 2.80 bits per heavy atom. The van der Waals surface area contributed by atoms with E-state index in [-0.39, 0.29) is 5.91 Å². The van der Waals surface area contributed by atoms with Gasteiger partial charge in [0, 0.05) is 17.8 Å². The zero-order valence-electron chi connectivity index (χ0n) is 10.4. The lowest BCUT2D eigenvalue weighted by atomic mass is 10.1. The monoisotopic (exact) mass is 286 g/mol. The lowest BCUT2D eigenvalue weighted by Crippen LogP contribution is -2.23. The van der Waals surface area contributed by atoms with Gasteiger partial charge in [0.2, 0.25) is 0 Å². The molecular weight excluding hydrogens is 276 g/mol. The zero-order chi connectivity index (χ0) is 13.9. The Kier molecular flexibility index (Phi) is 3.35. The maximum absolute atomic E-state index is 12.2. The molecule has 2 aromatic heterocycles. The van der Waals surface area contributed by atoms with Gasteiger partial charge in [0.05, 0.1) is 24.1 Å². The standard InChI is InChI=1S/C14H11ClN4O/c15-13-11-4-2-1-3-10(11)12(7-17-13)14(20)18-6-9-5-16-8-19-9/h1-5,7-8H,6H2,(H,16,19)(H,18,20). The van der Waals surface area contributed by atoms with Crippen molar-refractivity contribution in [3.63, 3.8) is 0 Å². The van der Waals surface area contributed by atoms with Crippen molar-refractivity contribution < 1.29 is 4.79 Å². The third-order valence-corrected chi connectivity index (χ3v) is 3.29. The average molecular weight is 287 g/mol. The summed E-state index contributed by atoms with van der Waals surface area (Å²) >= 11 is 6.04. The van der Waals surface area contributed by atoms with E-state index in [9.17, 15) is 4.79 Å². The predicted octanol–water partition coefficient (Wildman–Crippen LogP) is 2.54. The van der Waals surface area contributed by atoms with Crippen LogP contribution in [0.15, 0.2) is 43.0 Å². The first kappa shape index (κ1) is 12.6. The largest absolute Gasteiger partial charge is 0.347 e. The van der Waals surface area contributed by atoms with E-state index in [2.05, 4.69) is 20.3 Å². The smallest absolute Gasteiger partial charge is 0.253 e. The molecule has 0 saturated carbocycles. The number of imidazole rings is 1. The Morgan fingerprint density at radius 2 is 2.05 bits per heavy atom. The number of rotatable bonds is 3. The van der Waals surface area contributed by atoms with E-state index in [1.807, 2.05) is 24.3 Å². The van der Waals surface area contributed by atoms with Gasteiger partial charge in [-0.05, 0) is 5.39 Å². The number of benzene rings is 1. The van der Waals surface area contributed by atoms with Crippen LogP contribution in [0.2, 0.25) is 5.15 Å². The number of H-pyrrole nitrogens is 1. The van der Waals surface area contributed by atoms with E-state index >= 15 is 0 Å². The molecule has 1 amide bonds. The van der Waals surface area contributed by atoms with E-state index in [1.165, 1.54) is 6.20 Å². The Morgan fingerprint density at radius 1 is 1.25 bits per heavy atom. The average Bonchev–Trinajstić information content (AvgIpc) is 2.99. The van der Waals surface area contributed by atoms with Crippen LogP contribution in [0.3, 0.4) is 0 Å². The van der Waals surface area contributed by atoms with Crippen LogP contribution in [-0.4, -0.2) is 20.9 Å². The molecule has 0 saturated heterocycles. The summed E-state index contributed by atoms with van der Waals surface area (Å²) in [6.45, 7) is 0.385. The summed E-state index contributed by atoms with van der Waals surface area (Å²) in [6, 6.07) is 7.43. The van der Waals surface area contributed by atoms with Crippen LogP contribution >= 0.6 is 11.6 Å². The molecule has 0 radical (unpaired) electrons. The lowest BCUT2D eigenvalue weighted by Gasteiger charge is -2.07. The Labute approximate surface area is 120 Å². The van der Waals surface area contributed by atoms with Crippen molar-refractivity contribution in [1.29, 1.82) is 0 Å². The summed E-state index contributed by atoms with van der Waals surface area (Å²) < 4.78 is 0. The normalized spacial score (nSPS) is 10.7. The first-order valence-corrected chi connectivity index (χ1v) is 6.42. The van der Waals surface area contributed by atoms with Crippen LogP contribution in [0.25, 0.3) is 10.8 Å². The van der Waals surface area contributed by atoms with Crippen LogP contribution in [0.4, 0.5) is 0 Å². The second-order valence-electron chi connectivity index (χ2n) is 4.27. The van der Waals surface area contributed by atoms with Crippen molar-refractivity contribution in [3.8, 4) is 0 Å². The molecular formula is C14H11ClN4O. The minimum atomic E-state index is -0.194. The number of carbonyl (C=O) groups is 1. The molecule has 6 heteroatoms. The number of pyridine rings is 1. The Balaban J connectivity index is 1.90. The van der Waals surface area contributed by atoms with E-state index in [1.54, 1.807) is 12.5 Å². The van der Waals surface area contributed by atoms with Crippen LogP contribution in [-0.2, 0) is 6.54 Å². The number of hydrogen-bond acceptors (Lipinski definition) is 3. The van der Waals surface area contributed by atoms with Crippen LogP contribution < -0.4 is 5.32 Å². The van der Waals surface area contributed by atoms with Crippen LogP contribution in [0.1, 0.15) is 16.1 Å². The Bertz CT molecular complexity index is 755. The number of nitrogens with one attached hydrogen (secondary N) is 2. The number of hydrogen-bond donors (Lipinski definition) is 2. The molecule has 0 unspecified atom stereocenters. The topological polar surface area (TPSA) is 70.7 Å². The van der Waals surface area contributed by atoms with Crippen LogP contribution in [0, 0.1) is 0 Å². The molecule has 0 aliphatic rings. The Hall–Kier alpha value is -2.40. The fourth-order valence-electron chi connectivity index (χ4n) is 1.99. The van der Waals surface area contributed by atoms with E-state index in [0.717, 1.165) is 16.5 Å². The van der Waals surface area contributed by atoms with Gasteiger partial charge in [0.1, 0.15) is 5.15 Å². The number of nitrogens with zero attached hydrogens (tertiary/aromatic N) is 2. The molecule has 0 bridgehead atoms. The summed E-state index contributed by atoms with van der Waals surface area (Å²) in [5.74, 6) is -0.194. The fraction of sp³-hybridized carbons (Fsp3) is 0.0714. The number of aromatic amines is 1. The number of carbonyl (C=O) groups excluding carboxylic acids is 1. The SMILES string of the molecule is O=C(NCc1cnc[nH]1)c1cnc(Cl)c2ccccc12. The fourth-order valence-corrected chi connectivity index (χ4v) is 2.20. The van der Waals surface area contributed by atoms with Gasteiger partial charge >= 0.3 is 0 Å². The van der Waals surface area contributed by atoms with E-state index in [4.69, 9.17) is 11.6 Å². The van der Waals surface area contributed by atoms with Gasteiger partial charge in [-0.25, -0.2) is 9.97 Å². The van der Waals surface area contributed by atoms with Crippen molar-refractivity contribution in [2.75, 3.05) is 0 Å². The molecule has 2 N–H and O–H groups in total. The van der Waals surface area contributed by atoms with Gasteiger partial charge in [0.25, 0.3) is 5.91 Å². The highest BCUT2D eigenvalue weighted by Crippen LogP contribution is 2.24. The molecule has 0 fully saturated rings. The summed E-state index contributed by atoms with van der Waals surface area (Å²) in [5, 5.41) is 4.77. The van der Waals surface area contributed by atoms with Gasteiger partial charge in [-0.3, -0.25) is 4.79 Å². The molecule has 0 atom stereocenters. The molecule has 0 aliphatic carbocycles. The second kappa shape index (κ2) is 5.30. The third-order valence-electron chi connectivity index (χ3n) is 2.99. The minimum absolute atomic E-state index is 0.194. The number of fused-ring (bicyclic) bond motifs is 1. The van der Waals surface area contributed by atoms with Crippen molar-refractivity contribution >= 4 is 28.3 Å². The second-order valence-corrected chi connectivity index (χ2v) is 4.63. The highest BCUT2D eigenvalue weighted by atomic mass is 35.5. The van der Waals surface area contributed by atoms with Crippen molar-refractivity contribution in [3.05, 3.63) is 59.4 Å². The quantitative estimate of drug-likeness (QED) is 0.727. The molecule has 0 aliphatic heterocycles. The van der Waals surface area contributed by atoms with Crippen molar-refractivity contribution in [2.24, 2.45) is 0 Å². The summed E-state index contributed by atoms with van der Waals surface area (Å²) in [5.41, 5.74) is 1.34. The maximum atomic E-state index is 12.2. The molecule has 3 aromatic rings. The van der Waals surface area contributed by atoms with Crippen molar-refractivity contribution in [2.45, 2.75) is 6.54 Å². The van der Waals surface area contributed by atoms with E-state index in [0.29, 0.717) is 17.3 Å². The summed E-state index contributed by atoms with van der Waals surface area (Å²) in [7, 11) is 0. The van der Waals surface area contributed by atoms with E-state index < -0.39 is 0 Å². The predicted molar refractivity (Wildman–Crippen MR) is 76.5 cm³/mol. The number of halogens is 1. The van der Waals surface area contributed by atoms with Crippen LogP contribution in [0.5, 0.6) is 0 Å². The van der Waals surface area contributed by atoms with Gasteiger partial charge in [-0.15, -0.1) is 0 Å². The molecule has 3 rings (SSSR count). The van der Waals surface area contributed by atoms with Gasteiger partial charge < -0.3 is 10.3 Å². The molecule has 5 nitrogen and oxygen atoms in total. The summed E-state index contributed by atoms with van der Waals surface area (Å²) in [4.78, 5) is 23.1. The lowest BCUT2D eigenvalue weighted by molar-refractivity contribution is 0.0952. The van der Waals surface area contributed by atoms with Gasteiger partial charge in [-0.1, -0.05) is 35.9 Å². The maximum Gasteiger partial charge on any atom is 0.253 e. The number of aromatic nitrogens is 3. The molecule has 1 aromatic carbocycles. The first-order chi connectivity index (χ1) is 9.75. The zero-order valence-corrected chi connectivity index (χ0v) is 11.2. The highest BCUT2D eigenvalue weighted by Gasteiger charge is 2.12. The summed E-state index contributed by atoms with van der Waals surface area (Å²) in [6.07, 6.45) is 4.73. The van der Waals surface area contributed by atoms with Gasteiger partial charge in [0.15, 0.2) is 0 Å². The van der Waals surface area contributed by atoms with Crippen molar-refractivity contribution in [1.82, 2.24) is 20.3 Å². The molecule has 100 valence electrons.